The van der Waals surface area contributed by atoms with Gasteiger partial charge in [-0.3, -0.25) is 14.7 Å². The Bertz CT molecular complexity index is 508. The third-order valence-corrected chi connectivity index (χ3v) is 5.56. The molecule has 0 radical (unpaired) electrons. The Morgan fingerprint density at radius 3 is 2.62 bits per heavy atom. The van der Waals surface area contributed by atoms with Crippen LogP contribution in [-0.4, -0.2) is 22.7 Å². The van der Waals surface area contributed by atoms with Crippen molar-refractivity contribution in [1.29, 1.82) is 0 Å². The zero-order chi connectivity index (χ0) is 15.9. The molecule has 120 valence electrons. The van der Waals surface area contributed by atoms with Gasteiger partial charge in [-0.2, -0.15) is 0 Å². The fourth-order valence-corrected chi connectivity index (χ4v) is 3.98. The standard InChI is InChI=1S/C12H22N3O4PS/c1-3-5-9-14(8-4-2)20(13,18)19-10-11-6-7-12(21-11)15(16)17/h6-7H,3-5,8-10H2,1-2H3,(H2,13,18)/t20-/m0/s1. The highest BCUT2D eigenvalue weighted by Crippen LogP contribution is 2.44. The van der Waals surface area contributed by atoms with Crippen LogP contribution in [0.25, 0.3) is 0 Å². The number of hydrogen-bond donors (Lipinski definition) is 1. The number of rotatable bonds is 10. The SMILES string of the molecule is CCCCN(CCC)[P@@](N)(=O)OCc1ccc([N+](=O)[O-])s1. The molecule has 0 saturated heterocycles. The molecule has 2 N–H and O–H groups in total. The van der Waals surface area contributed by atoms with Crippen LogP contribution in [0.4, 0.5) is 5.00 Å². The molecule has 0 fully saturated rings. The summed E-state index contributed by atoms with van der Waals surface area (Å²) in [7, 11) is -3.36. The predicted molar refractivity (Wildman–Crippen MR) is 84.3 cm³/mol. The Morgan fingerprint density at radius 2 is 2.10 bits per heavy atom. The third kappa shape index (κ3) is 5.84. The largest absolute Gasteiger partial charge is 0.341 e. The first kappa shape index (κ1) is 18.3. The van der Waals surface area contributed by atoms with Crippen LogP contribution in [0, 0.1) is 10.1 Å². The summed E-state index contributed by atoms with van der Waals surface area (Å²) >= 11 is 1.01. The van der Waals surface area contributed by atoms with E-state index >= 15 is 0 Å². The number of nitro groups is 1. The summed E-state index contributed by atoms with van der Waals surface area (Å²) in [6, 6.07) is 3.00. The maximum absolute atomic E-state index is 12.5. The summed E-state index contributed by atoms with van der Waals surface area (Å²) in [6.07, 6.45) is 2.71. The minimum absolute atomic E-state index is 0.0264. The van der Waals surface area contributed by atoms with E-state index in [4.69, 9.17) is 10.0 Å². The molecule has 1 aromatic heterocycles. The second kappa shape index (κ2) is 8.60. The van der Waals surface area contributed by atoms with Crippen LogP contribution in [-0.2, 0) is 15.7 Å². The molecule has 0 unspecified atom stereocenters. The lowest BCUT2D eigenvalue weighted by molar-refractivity contribution is -0.380. The molecule has 1 rings (SSSR count). The lowest BCUT2D eigenvalue weighted by Gasteiger charge is -2.27. The number of unbranched alkanes of at least 4 members (excludes halogenated alkanes) is 1. The van der Waals surface area contributed by atoms with Crippen LogP contribution in [0.5, 0.6) is 0 Å². The first-order valence-electron chi connectivity index (χ1n) is 6.92. The molecular weight excluding hydrogens is 313 g/mol. The summed E-state index contributed by atoms with van der Waals surface area (Å²) in [6.45, 7) is 5.30. The van der Waals surface area contributed by atoms with Crippen molar-refractivity contribution in [3.63, 3.8) is 0 Å². The van der Waals surface area contributed by atoms with Gasteiger partial charge in [-0.1, -0.05) is 31.6 Å². The Morgan fingerprint density at radius 1 is 1.38 bits per heavy atom. The zero-order valence-electron chi connectivity index (χ0n) is 12.4. The Hall–Kier alpha value is -0.790. The first-order valence-corrected chi connectivity index (χ1v) is 9.38. The monoisotopic (exact) mass is 335 g/mol. The van der Waals surface area contributed by atoms with Gasteiger partial charge in [0.25, 0.3) is 0 Å². The highest BCUT2D eigenvalue weighted by atomic mass is 32.1. The quantitative estimate of drug-likeness (QED) is 0.397. The molecule has 0 aromatic carbocycles. The molecule has 0 saturated carbocycles. The van der Waals surface area contributed by atoms with Crippen LogP contribution in [0.2, 0.25) is 0 Å². The summed E-state index contributed by atoms with van der Waals surface area (Å²) in [5.41, 5.74) is 5.83. The van der Waals surface area contributed by atoms with E-state index in [1.807, 2.05) is 6.92 Å². The summed E-state index contributed by atoms with van der Waals surface area (Å²) in [4.78, 5) is 10.8. The fraction of sp³-hybridized carbons (Fsp3) is 0.667. The van der Waals surface area contributed by atoms with Crippen LogP contribution < -0.4 is 5.50 Å². The first-order chi connectivity index (χ1) is 9.90. The van der Waals surface area contributed by atoms with Crippen molar-refractivity contribution in [1.82, 2.24) is 4.67 Å². The lowest BCUT2D eigenvalue weighted by atomic mass is 10.3. The lowest BCUT2D eigenvalue weighted by Crippen LogP contribution is -2.27. The number of nitrogens with zero attached hydrogens (tertiary/aromatic N) is 2. The molecule has 0 spiro atoms. The number of hydrogen-bond acceptors (Lipinski definition) is 5. The summed E-state index contributed by atoms with van der Waals surface area (Å²) in [5.74, 6) is 0. The molecule has 1 aromatic rings. The third-order valence-electron chi connectivity index (χ3n) is 2.86. The topological polar surface area (TPSA) is 98.7 Å². The van der Waals surface area contributed by atoms with Crippen molar-refractivity contribution in [3.05, 3.63) is 27.1 Å². The van der Waals surface area contributed by atoms with Gasteiger partial charge in [-0.05, 0) is 18.9 Å². The van der Waals surface area contributed by atoms with Gasteiger partial charge in [0.05, 0.1) is 11.5 Å². The van der Waals surface area contributed by atoms with Gasteiger partial charge in [0, 0.05) is 24.0 Å². The molecule has 0 aliphatic rings. The Labute approximate surface area is 128 Å². The van der Waals surface area contributed by atoms with Crippen molar-refractivity contribution < 1.29 is 14.0 Å². The van der Waals surface area contributed by atoms with Gasteiger partial charge in [-0.25, -0.2) is 10.2 Å². The van der Waals surface area contributed by atoms with E-state index in [2.05, 4.69) is 6.92 Å². The maximum atomic E-state index is 12.5. The average Bonchev–Trinajstić information content (AvgIpc) is 2.90. The molecule has 1 atom stereocenters. The Kier molecular flexibility index (Phi) is 7.48. The average molecular weight is 335 g/mol. The summed E-state index contributed by atoms with van der Waals surface area (Å²) in [5, 5.41) is 10.7. The van der Waals surface area contributed by atoms with Crippen molar-refractivity contribution in [2.75, 3.05) is 13.1 Å². The number of thiophene rings is 1. The van der Waals surface area contributed by atoms with Gasteiger partial charge in [0.15, 0.2) is 0 Å². The second-order valence-corrected chi connectivity index (χ2v) is 7.74. The van der Waals surface area contributed by atoms with E-state index in [0.29, 0.717) is 18.0 Å². The van der Waals surface area contributed by atoms with Crippen LogP contribution in [0.15, 0.2) is 12.1 Å². The van der Waals surface area contributed by atoms with Crippen LogP contribution in [0.3, 0.4) is 0 Å². The fourth-order valence-electron chi connectivity index (χ4n) is 1.77. The van der Waals surface area contributed by atoms with Gasteiger partial charge in [0.2, 0.25) is 0 Å². The van der Waals surface area contributed by atoms with E-state index in [0.717, 1.165) is 30.6 Å². The van der Waals surface area contributed by atoms with E-state index in [-0.39, 0.29) is 11.6 Å². The van der Waals surface area contributed by atoms with Crippen LogP contribution >= 0.6 is 19.0 Å². The van der Waals surface area contributed by atoms with Crippen molar-refractivity contribution in [2.24, 2.45) is 5.50 Å². The molecule has 0 amide bonds. The molecule has 0 aliphatic carbocycles. The number of nitrogens with two attached hydrogens (primary N) is 1. The second-order valence-electron chi connectivity index (χ2n) is 4.64. The molecule has 21 heavy (non-hydrogen) atoms. The van der Waals surface area contributed by atoms with Crippen molar-refractivity contribution >= 4 is 24.0 Å². The smallest absolute Gasteiger partial charge is 0.300 e. The molecule has 0 aliphatic heterocycles. The van der Waals surface area contributed by atoms with Gasteiger partial charge < -0.3 is 4.52 Å². The minimum Gasteiger partial charge on any atom is -0.300 e. The Balaban J connectivity index is 2.63. The normalized spacial score (nSPS) is 14.3. The highest BCUT2D eigenvalue weighted by Gasteiger charge is 2.26. The van der Waals surface area contributed by atoms with Gasteiger partial charge in [-0.15, -0.1) is 0 Å². The molecule has 9 heteroatoms. The van der Waals surface area contributed by atoms with E-state index < -0.39 is 12.6 Å². The van der Waals surface area contributed by atoms with E-state index in [1.165, 1.54) is 6.07 Å². The molecule has 1 heterocycles. The van der Waals surface area contributed by atoms with Crippen molar-refractivity contribution in [3.8, 4) is 0 Å². The van der Waals surface area contributed by atoms with E-state index in [1.54, 1.807) is 10.7 Å². The van der Waals surface area contributed by atoms with Crippen molar-refractivity contribution in [2.45, 2.75) is 39.7 Å². The summed E-state index contributed by atoms with van der Waals surface area (Å²) < 4.78 is 19.5. The predicted octanol–water partition coefficient (Wildman–Crippen LogP) is 3.75. The highest BCUT2D eigenvalue weighted by molar-refractivity contribution is 7.53. The maximum Gasteiger partial charge on any atom is 0.341 e. The van der Waals surface area contributed by atoms with Gasteiger partial charge >= 0.3 is 12.7 Å². The molecule has 0 bridgehead atoms. The molecular formula is C12H22N3O4PS. The van der Waals surface area contributed by atoms with Crippen LogP contribution in [0.1, 0.15) is 38.0 Å². The van der Waals surface area contributed by atoms with E-state index in [9.17, 15) is 14.7 Å². The van der Waals surface area contributed by atoms with Gasteiger partial charge in [0.1, 0.15) is 0 Å². The zero-order valence-corrected chi connectivity index (χ0v) is 14.1. The minimum atomic E-state index is -3.36. The molecule has 7 nitrogen and oxygen atoms in total.